The molecule has 0 saturated carbocycles. The van der Waals surface area contributed by atoms with Gasteiger partial charge in [0.2, 0.25) is 0 Å². The van der Waals surface area contributed by atoms with Crippen LogP contribution in [0.3, 0.4) is 0 Å². The van der Waals surface area contributed by atoms with Crippen LogP contribution in [0.15, 0.2) is 24.3 Å². The van der Waals surface area contributed by atoms with Crippen LogP contribution in [-0.2, 0) is 16.1 Å². The van der Waals surface area contributed by atoms with E-state index >= 15 is 0 Å². The monoisotopic (exact) mass is 249 g/mol. The first-order valence-electron chi connectivity index (χ1n) is 6.32. The molecule has 3 nitrogen and oxygen atoms in total. The number of hydrogen-bond acceptors (Lipinski definition) is 3. The Morgan fingerprint density at radius 3 is 2.50 bits per heavy atom. The molecule has 0 unspecified atom stereocenters. The van der Waals surface area contributed by atoms with Gasteiger partial charge in [0.05, 0.1) is 6.61 Å². The number of aryl methyl sites for hydroxylation is 1. The Hall–Kier alpha value is -1.35. The van der Waals surface area contributed by atoms with Gasteiger partial charge in [-0.25, -0.2) is 0 Å². The Balaban J connectivity index is 2.79. The molecule has 3 heteroatoms. The van der Waals surface area contributed by atoms with E-state index in [-0.39, 0.29) is 5.97 Å². The minimum Gasteiger partial charge on any atom is -0.465 e. The average molecular weight is 249 g/mol. The van der Waals surface area contributed by atoms with E-state index in [0.29, 0.717) is 6.61 Å². The number of carbonyl (C=O) groups excluding carboxylic acids is 1. The van der Waals surface area contributed by atoms with E-state index in [9.17, 15) is 4.79 Å². The molecule has 1 aromatic carbocycles. The van der Waals surface area contributed by atoms with Crippen LogP contribution in [0.25, 0.3) is 0 Å². The van der Waals surface area contributed by atoms with E-state index in [0.717, 1.165) is 6.54 Å². The van der Waals surface area contributed by atoms with Crippen molar-refractivity contribution in [2.75, 3.05) is 13.7 Å². The lowest BCUT2D eigenvalue weighted by atomic mass is 10.0. The summed E-state index contributed by atoms with van der Waals surface area (Å²) in [7, 11) is 1.95. The van der Waals surface area contributed by atoms with Crippen LogP contribution in [0.1, 0.15) is 31.9 Å². The van der Waals surface area contributed by atoms with Gasteiger partial charge in [0.15, 0.2) is 0 Å². The lowest BCUT2D eigenvalue weighted by Crippen LogP contribution is -2.48. The second kappa shape index (κ2) is 6.01. The average Bonchev–Trinajstić information content (AvgIpc) is 2.32. The third-order valence-corrected chi connectivity index (χ3v) is 3.40. The molecule has 0 aromatic heterocycles. The minimum atomic E-state index is -0.613. The van der Waals surface area contributed by atoms with Gasteiger partial charge in [-0.1, -0.05) is 24.3 Å². The highest BCUT2D eigenvalue weighted by Gasteiger charge is 2.33. The molecule has 100 valence electrons. The molecule has 1 rings (SSSR count). The summed E-state index contributed by atoms with van der Waals surface area (Å²) in [6.45, 7) is 8.85. The fourth-order valence-corrected chi connectivity index (χ4v) is 1.70. The first-order chi connectivity index (χ1) is 8.39. The van der Waals surface area contributed by atoms with Gasteiger partial charge in [-0.05, 0) is 45.9 Å². The number of nitrogens with zero attached hydrogens (tertiary/aromatic N) is 1. The van der Waals surface area contributed by atoms with Gasteiger partial charge in [0, 0.05) is 6.54 Å². The molecule has 0 bridgehead atoms. The van der Waals surface area contributed by atoms with Crippen molar-refractivity contribution in [3.05, 3.63) is 35.4 Å². The molecule has 0 aliphatic rings. The Morgan fingerprint density at radius 2 is 1.94 bits per heavy atom. The van der Waals surface area contributed by atoms with E-state index in [2.05, 4.69) is 19.1 Å². The molecule has 0 radical (unpaired) electrons. The normalized spacial score (nSPS) is 11.7. The minimum absolute atomic E-state index is 0.180. The summed E-state index contributed by atoms with van der Waals surface area (Å²) >= 11 is 0. The van der Waals surface area contributed by atoms with Crippen molar-refractivity contribution in [2.24, 2.45) is 0 Å². The third-order valence-electron chi connectivity index (χ3n) is 3.40. The Bertz CT molecular complexity index is 413. The number of benzene rings is 1. The van der Waals surface area contributed by atoms with Crippen LogP contribution in [0.4, 0.5) is 0 Å². The molecular formula is C15H23NO2. The molecule has 18 heavy (non-hydrogen) atoms. The fourth-order valence-electron chi connectivity index (χ4n) is 1.70. The SMILES string of the molecule is CCOC(=O)C(C)(C)N(C)Cc1ccccc1C. The molecule has 0 fully saturated rings. The summed E-state index contributed by atoms with van der Waals surface area (Å²) in [5.41, 5.74) is 1.86. The number of hydrogen-bond donors (Lipinski definition) is 0. The summed E-state index contributed by atoms with van der Waals surface area (Å²) < 4.78 is 5.12. The zero-order chi connectivity index (χ0) is 13.8. The van der Waals surface area contributed by atoms with Gasteiger partial charge in [-0.2, -0.15) is 0 Å². The van der Waals surface area contributed by atoms with Gasteiger partial charge < -0.3 is 4.74 Å². The molecule has 0 aliphatic heterocycles. The van der Waals surface area contributed by atoms with Crippen LogP contribution < -0.4 is 0 Å². The zero-order valence-corrected chi connectivity index (χ0v) is 12.0. The van der Waals surface area contributed by atoms with Crippen molar-refractivity contribution in [2.45, 2.75) is 39.8 Å². The standard InChI is InChI=1S/C15H23NO2/c1-6-18-14(17)15(3,4)16(5)11-13-10-8-7-9-12(13)2/h7-10H,6,11H2,1-5H3. The Morgan fingerprint density at radius 1 is 1.33 bits per heavy atom. The maximum atomic E-state index is 11.9. The van der Waals surface area contributed by atoms with Crippen LogP contribution in [0.2, 0.25) is 0 Å². The zero-order valence-electron chi connectivity index (χ0n) is 12.0. The summed E-state index contributed by atoms with van der Waals surface area (Å²) in [6, 6.07) is 8.22. The molecular weight excluding hydrogens is 226 g/mol. The van der Waals surface area contributed by atoms with Gasteiger partial charge in [-0.3, -0.25) is 9.69 Å². The largest absolute Gasteiger partial charge is 0.465 e. The molecule has 0 heterocycles. The molecule has 0 aliphatic carbocycles. The van der Waals surface area contributed by atoms with Crippen molar-refractivity contribution >= 4 is 5.97 Å². The maximum Gasteiger partial charge on any atom is 0.325 e. The first kappa shape index (κ1) is 14.7. The predicted molar refractivity (Wildman–Crippen MR) is 73.4 cm³/mol. The highest BCUT2D eigenvalue weighted by molar-refractivity contribution is 5.79. The Labute approximate surface area is 110 Å². The third kappa shape index (κ3) is 3.33. The van der Waals surface area contributed by atoms with Crippen molar-refractivity contribution in [3.63, 3.8) is 0 Å². The molecule has 0 atom stereocenters. The fraction of sp³-hybridized carbons (Fsp3) is 0.533. The van der Waals surface area contributed by atoms with E-state index in [4.69, 9.17) is 4.74 Å². The van der Waals surface area contributed by atoms with Gasteiger partial charge in [0.1, 0.15) is 5.54 Å². The molecule has 0 amide bonds. The van der Waals surface area contributed by atoms with Crippen LogP contribution in [0.5, 0.6) is 0 Å². The smallest absolute Gasteiger partial charge is 0.325 e. The quantitative estimate of drug-likeness (QED) is 0.751. The van der Waals surface area contributed by atoms with E-state index in [1.54, 1.807) is 0 Å². The van der Waals surface area contributed by atoms with Crippen LogP contribution >= 0.6 is 0 Å². The van der Waals surface area contributed by atoms with Gasteiger partial charge >= 0.3 is 5.97 Å². The van der Waals surface area contributed by atoms with Crippen molar-refractivity contribution in [1.29, 1.82) is 0 Å². The second-order valence-electron chi connectivity index (χ2n) is 5.06. The van der Waals surface area contributed by atoms with Crippen LogP contribution in [-0.4, -0.2) is 30.1 Å². The lowest BCUT2D eigenvalue weighted by Gasteiger charge is -2.33. The first-order valence-corrected chi connectivity index (χ1v) is 6.32. The van der Waals surface area contributed by atoms with E-state index < -0.39 is 5.54 Å². The van der Waals surface area contributed by atoms with Gasteiger partial charge in [-0.15, -0.1) is 0 Å². The number of rotatable bonds is 5. The highest BCUT2D eigenvalue weighted by Crippen LogP contribution is 2.19. The number of likely N-dealkylation sites (N-methyl/N-ethyl adjacent to an activating group) is 1. The predicted octanol–water partition coefficient (Wildman–Crippen LogP) is 2.77. The maximum absolute atomic E-state index is 11.9. The topological polar surface area (TPSA) is 29.5 Å². The molecule has 0 spiro atoms. The van der Waals surface area contributed by atoms with Crippen LogP contribution in [0, 0.1) is 6.92 Å². The summed E-state index contributed by atoms with van der Waals surface area (Å²) in [5.74, 6) is -0.180. The lowest BCUT2D eigenvalue weighted by molar-refractivity contribution is -0.155. The molecule has 1 aromatic rings. The van der Waals surface area contributed by atoms with Crippen molar-refractivity contribution in [1.82, 2.24) is 4.90 Å². The second-order valence-corrected chi connectivity index (χ2v) is 5.06. The number of esters is 1. The molecule has 0 N–H and O–H groups in total. The molecule has 0 saturated heterocycles. The summed E-state index contributed by atoms with van der Waals surface area (Å²) in [5, 5.41) is 0. The number of carbonyl (C=O) groups is 1. The summed E-state index contributed by atoms with van der Waals surface area (Å²) in [4.78, 5) is 13.9. The summed E-state index contributed by atoms with van der Waals surface area (Å²) in [6.07, 6.45) is 0. The highest BCUT2D eigenvalue weighted by atomic mass is 16.5. The van der Waals surface area contributed by atoms with E-state index in [1.807, 2.05) is 44.9 Å². The van der Waals surface area contributed by atoms with E-state index in [1.165, 1.54) is 11.1 Å². The Kier molecular flexibility index (Phi) is 4.91. The number of ether oxygens (including phenoxy) is 1. The van der Waals surface area contributed by atoms with Gasteiger partial charge in [0.25, 0.3) is 0 Å². The van der Waals surface area contributed by atoms with Crippen molar-refractivity contribution < 1.29 is 9.53 Å². The van der Waals surface area contributed by atoms with Crippen molar-refractivity contribution in [3.8, 4) is 0 Å².